The molecule has 5 rings (SSSR count). The number of benzene rings is 4. The van der Waals surface area contributed by atoms with Crippen LogP contribution in [0.15, 0.2) is 114 Å². The Morgan fingerprint density at radius 3 is 2.13 bits per heavy atom. The first-order valence-corrected chi connectivity index (χ1v) is 17.6. The highest BCUT2D eigenvalue weighted by molar-refractivity contribution is 7.92. The van der Waals surface area contributed by atoms with E-state index in [1.165, 1.54) is 19.2 Å². The molecular formula is C38H43N3O5S. The minimum absolute atomic E-state index is 0.0356. The number of nitrogens with zero attached hydrogens (tertiary/aromatic N) is 2. The Morgan fingerprint density at radius 2 is 1.45 bits per heavy atom. The van der Waals surface area contributed by atoms with E-state index in [1.54, 1.807) is 47.4 Å². The molecule has 0 unspecified atom stereocenters. The summed E-state index contributed by atoms with van der Waals surface area (Å²) in [6, 6.07) is 31.3. The summed E-state index contributed by atoms with van der Waals surface area (Å²) in [6.45, 7) is 1.56. The fourth-order valence-electron chi connectivity index (χ4n) is 6.14. The van der Waals surface area contributed by atoms with Gasteiger partial charge in [0.15, 0.2) is 0 Å². The summed E-state index contributed by atoms with van der Waals surface area (Å²) in [7, 11) is -2.76. The monoisotopic (exact) mass is 653 g/mol. The summed E-state index contributed by atoms with van der Waals surface area (Å²) in [5.74, 6) is -0.433. The smallest absolute Gasteiger partial charge is 0.264 e. The summed E-state index contributed by atoms with van der Waals surface area (Å²) in [5, 5.41) is 3.25. The summed E-state index contributed by atoms with van der Waals surface area (Å²) >= 11 is 0. The molecule has 1 fully saturated rings. The minimum Gasteiger partial charge on any atom is -0.495 e. The van der Waals surface area contributed by atoms with Gasteiger partial charge < -0.3 is 15.0 Å². The number of anilines is 1. The zero-order chi connectivity index (χ0) is 33.2. The molecular weight excluding hydrogens is 611 g/mol. The molecule has 8 nitrogen and oxygen atoms in total. The van der Waals surface area contributed by atoms with Crippen LogP contribution >= 0.6 is 0 Å². The predicted octanol–water partition coefficient (Wildman–Crippen LogP) is 6.29. The van der Waals surface area contributed by atoms with Gasteiger partial charge >= 0.3 is 0 Å². The van der Waals surface area contributed by atoms with Crippen LogP contribution in [0.4, 0.5) is 5.69 Å². The Kier molecular flexibility index (Phi) is 11.3. The molecule has 9 heteroatoms. The number of para-hydroxylation sites is 2. The number of aryl methyl sites for hydroxylation is 1. The van der Waals surface area contributed by atoms with Crippen molar-refractivity contribution in [1.29, 1.82) is 0 Å². The Morgan fingerprint density at radius 1 is 0.830 bits per heavy atom. The van der Waals surface area contributed by atoms with Crippen LogP contribution < -0.4 is 14.4 Å². The number of amides is 2. The number of sulfonamides is 1. The second kappa shape index (κ2) is 15.8. The van der Waals surface area contributed by atoms with Gasteiger partial charge in [-0.3, -0.25) is 13.9 Å². The molecule has 47 heavy (non-hydrogen) atoms. The Hall–Kier alpha value is -4.63. The first kappa shape index (κ1) is 33.7. The first-order chi connectivity index (χ1) is 22.8. The van der Waals surface area contributed by atoms with Crippen molar-refractivity contribution in [2.45, 2.75) is 69.0 Å². The molecule has 0 heterocycles. The van der Waals surface area contributed by atoms with Crippen LogP contribution in [0.1, 0.15) is 48.8 Å². The first-order valence-electron chi connectivity index (χ1n) is 16.2. The van der Waals surface area contributed by atoms with Crippen molar-refractivity contribution in [2.75, 3.05) is 18.0 Å². The number of carbonyl (C=O) groups excluding carboxylic acids is 2. The minimum atomic E-state index is -4.22. The number of hydrogen-bond acceptors (Lipinski definition) is 5. The molecule has 0 saturated heterocycles. The van der Waals surface area contributed by atoms with Crippen molar-refractivity contribution in [3.63, 3.8) is 0 Å². The third-order valence-electron chi connectivity index (χ3n) is 8.79. The maximum Gasteiger partial charge on any atom is 0.264 e. The normalized spacial score (nSPS) is 14.2. The maximum absolute atomic E-state index is 14.7. The molecule has 4 aromatic rings. The van der Waals surface area contributed by atoms with Gasteiger partial charge in [-0.1, -0.05) is 104 Å². The van der Waals surface area contributed by atoms with Crippen molar-refractivity contribution in [2.24, 2.45) is 0 Å². The van der Waals surface area contributed by atoms with E-state index in [1.807, 2.05) is 61.5 Å². The van der Waals surface area contributed by atoms with Gasteiger partial charge in [0.1, 0.15) is 18.3 Å². The van der Waals surface area contributed by atoms with Crippen LogP contribution in [0.2, 0.25) is 0 Å². The molecule has 0 spiro atoms. The highest BCUT2D eigenvalue weighted by Crippen LogP contribution is 2.33. The SMILES string of the molecule is COc1ccccc1N(CC(=O)N(Cc1ccccc1C)[C@H](Cc1ccccc1)C(=O)NC1CCCCC1)S(=O)(=O)c1ccccc1. The van der Waals surface area contributed by atoms with Crippen molar-refractivity contribution >= 4 is 27.5 Å². The Bertz CT molecular complexity index is 1740. The van der Waals surface area contributed by atoms with Crippen LogP contribution in [-0.4, -0.2) is 50.9 Å². The summed E-state index contributed by atoms with van der Waals surface area (Å²) in [5.41, 5.74) is 2.97. The van der Waals surface area contributed by atoms with E-state index in [4.69, 9.17) is 4.74 Å². The number of carbonyl (C=O) groups is 2. The van der Waals surface area contributed by atoms with Crippen molar-refractivity contribution < 1.29 is 22.7 Å². The number of methoxy groups -OCH3 is 1. The third-order valence-corrected chi connectivity index (χ3v) is 10.6. The fourth-order valence-corrected chi connectivity index (χ4v) is 7.58. The van der Waals surface area contributed by atoms with E-state index in [9.17, 15) is 18.0 Å². The molecule has 2 amide bonds. The predicted molar refractivity (Wildman–Crippen MR) is 185 cm³/mol. The topological polar surface area (TPSA) is 96.0 Å². The summed E-state index contributed by atoms with van der Waals surface area (Å²) in [6.07, 6.45) is 5.30. The zero-order valence-corrected chi connectivity index (χ0v) is 27.9. The number of hydrogen-bond donors (Lipinski definition) is 1. The van der Waals surface area contributed by atoms with E-state index < -0.39 is 28.5 Å². The largest absolute Gasteiger partial charge is 0.495 e. The molecule has 0 aromatic heterocycles. The highest BCUT2D eigenvalue weighted by atomic mass is 32.2. The second-order valence-corrected chi connectivity index (χ2v) is 13.9. The molecule has 0 aliphatic heterocycles. The zero-order valence-electron chi connectivity index (χ0n) is 27.0. The lowest BCUT2D eigenvalue weighted by molar-refractivity contribution is -0.140. The van der Waals surface area contributed by atoms with Gasteiger partial charge in [-0.05, 0) is 60.7 Å². The van der Waals surface area contributed by atoms with E-state index >= 15 is 0 Å². The van der Waals surface area contributed by atoms with E-state index in [-0.39, 0.29) is 35.5 Å². The van der Waals surface area contributed by atoms with E-state index in [0.29, 0.717) is 5.75 Å². The number of ether oxygens (including phenoxy) is 1. The molecule has 246 valence electrons. The molecule has 4 aromatic carbocycles. The summed E-state index contributed by atoms with van der Waals surface area (Å²) in [4.78, 5) is 30.6. The van der Waals surface area contributed by atoms with Gasteiger partial charge in [-0.25, -0.2) is 8.42 Å². The molecule has 1 N–H and O–H groups in total. The molecule has 0 bridgehead atoms. The lowest BCUT2D eigenvalue weighted by Gasteiger charge is -2.35. The second-order valence-electron chi connectivity index (χ2n) is 12.0. The van der Waals surface area contributed by atoms with Gasteiger partial charge in [-0.2, -0.15) is 0 Å². The molecule has 1 saturated carbocycles. The third kappa shape index (κ3) is 8.40. The average Bonchev–Trinajstić information content (AvgIpc) is 3.10. The fraction of sp³-hybridized carbons (Fsp3) is 0.316. The van der Waals surface area contributed by atoms with Crippen LogP contribution in [0.5, 0.6) is 5.75 Å². The van der Waals surface area contributed by atoms with Gasteiger partial charge in [0.05, 0.1) is 17.7 Å². The summed E-state index contributed by atoms with van der Waals surface area (Å²) < 4.78 is 35.2. The molecule has 1 aliphatic carbocycles. The Balaban J connectivity index is 1.58. The van der Waals surface area contributed by atoms with Crippen LogP contribution in [0.25, 0.3) is 0 Å². The van der Waals surface area contributed by atoms with E-state index in [0.717, 1.165) is 53.1 Å². The lowest BCUT2D eigenvalue weighted by atomic mass is 9.94. The maximum atomic E-state index is 14.7. The van der Waals surface area contributed by atoms with Crippen molar-refractivity contribution in [3.8, 4) is 5.75 Å². The van der Waals surface area contributed by atoms with Crippen molar-refractivity contribution in [3.05, 3.63) is 126 Å². The molecule has 1 aliphatic rings. The van der Waals surface area contributed by atoms with Gasteiger partial charge in [0.2, 0.25) is 11.8 Å². The molecule has 0 radical (unpaired) electrons. The van der Waals surface area contributed by atoms with Gasteiger partial charge in [0.25, 0.3) is 10.0 Å². The quantitative estimate of drug-likeness (QED) is 0.183. The van der Waals surface area contributed by atoms with Gasteiger partial charge in [0, 0.05) is 19.0 Å². The van der Waals surface area contributed by atoms with E-state index in [2.05, 4.69) is 5.32 Å². The van der Waals surface area contributed by atoms with Crippen LogP contribution in [0, 0.1) is 6.92 Å². The molecule has 1 atom stereocenters. The average molecular weight is 654 g/mol. The number of rotatable bonds is 13. The standard InChI is InChI=1S/C38H43N3O5S/c1-29-16-12-13-19-31(29)27-40(35(26-30-17-6-3-7-18-30)38(43)39-32-20-8-4-9-21-32)37(42)28-41(34-24-14-15-25-36(34)46-2)47(44,45)33-22-10-5-11-23-33/h3,5-7,10-19,22-25,32,35H,4,8-9,20-21,26-28H2,1-2H3,(H,39,43)/t35-/m1/s1. The lowest BCUT2D eigenvalue weighted by Crippen LogP contribution is -2.55. The van der Waals surface area contributed by atoms with Crippen LogP contribution in [-0.2, 0) is 32.6 Å². The highest BCUT2D eigenvalue weighted by Gasteiger charge is 2.36. The van der Waals surface area contributed by atoms with Gasteiger partial charge in [-0.15, -0.1) is 0 Å². The Labute approximate surface area is 278 Å². The van der Waals surface area contributed by atoms with Crippen molar-refractivity contribution in [1.82, 2.24) is 10.2 Å². The number of nitrogens with one attached hydrogen (secondary N) is 1. The van der Waals surface area contributed by atoms with Crippen LogP contribution in [0.3, 0.4) is 0 Å².